The molecule has 3 aliphatic rings. The molecule has 18 unspecified atom stereocenters. The fourth-order valence-corrected chi connectivity index (χ4v) is 12.1. The van der Waals surface area contributed by atoms with Gasteiger partial charge in [-0.2, -0.15) is 0 Å². The summed E-state index contributed by atoms with van der Waals surface area (Å²) in [6, 6.07) is -2.62. The largest absolute Gasteiger partial charge is 0.477 e. The molecule has 3 heterocycles. The molecular weight excluding hydrogens is 1170 g/mol. The molecule has 0 aromatic heterocycles. The van der Waals surface area contributed by atoms with Crippen LogP contribution < -0.4 is 10.6 Å². The topological polar surface area (TPSA) is 373 Å². The second kappa shape index (κ2) is 48.0. The summed E-state index contributed by atoms with van der Waals surface area (Å²) in [6.45, 7) is 2.12. The van der Waals surface area contributed by atoms with Gasteiger partial charge in [-0.1, -0.05) is 205 Å². The first-order valence-corrected chi connectivity index (χ1v) is 34.7. The minimum Gasteiger partial charge on any atom is -0.477 e. The van der Waals surface area contributed by atoms with Crippen molar-refractivity contribution in [2.24, 2.45) is 0 Å². The maximum absolute atomic E-state index is 13.4. The number of carboxylic acid groups (broad SMARTS) is 1. The van der Waals surface area contributed by atoms with Gasteiger partial charge in [0, 0.05) is 19.8 Å². The van der Waals surface area contributed by atoms with E-state index in [9.17, 15) is 75.7 Å². The minimum absolute atomic E-state index is 0.197. The average molecular weight is 1290 g/mol. The van der Waals surface area contributed by atoms with Crippen molar-refractivity contribution >= 4 is 17.8 Å². The zero-order chi connectivity index (χ0) is 66.1. The third kappa shape index (κ3) is 30.3. The Morgan fingerprint density at radius 3 is 1.51 bits per heavy atom. The molecule has 90 heavy (non-hydrogen) atoms. The van der Waals surface area contributed by atoms with Gasteiger partial charge < -0.3 is 100 Å². The summed E-state index contributed by atoms with van der Waals surface area (Å²) in [7, 11) is 0. The van der Waals surface area contributed by atoms with E-state index in [1.165, 1.54) is 148 Å². The van der Waals surface area contributed by atoms with Crippen molar-refractivity contribution < 1.29 is 104 Å². The van der Waals surface area contributed by atoms with Crippen LogP contribution in [0, 0.1) is 0 Å². The summed E-state index contributed by atoms with van der Waals surface area (Å²) in [5.41, 5.74) is 0. The molecule has 23 nitrogen and oxygen atoms in total. The second-order valence-corrected chi connectivity index (χ2v) is 25.4. The van der Waals surface area contributed by atoms with E-state index in [0.29, 0.717) is 12.8 Å². The number of ether oxygens (including phenoxy) is 6. The maximum atomic E-state index is 13.4. The highest BCUT2D eigenvalue weighted by molar-refractivity contribution is 5.77. The monoisotopic (exact) mass is 1290 g/mol. The Hall–Kier alpha value is -2.79. The summed E-state index contributed by atoms with van der Waals surface area (Å²) in [4.78, 5) is 38.5. The number of aliphatic hydroxyl groups excluding tert-OH is 11. The normalized spacial score (nSPS) is 28.7. The first-order valence-electron chi connectivity index (χ1n) is 34.7. The van der Waals surface area contributed by atoms with Crippen LogP contribution in [-0.4, -0.2) is 215 Å². The molecule has 0 aromatic carbocycles. The Labute approximate surface area is 536 Å². The summed E-state index contributed by atoms with van der Waals surface area (Å²) in [5, 5.41) is 136. The average Bonchev–Trinajstić information content (AvgIpc) is 0.802. The zero-order valence-corrected chi connectivity index (χ0v) is 54.7. The fraction of sp³-hybridized carbons (Fsp3) is 0.896. The SMILES string of the molecule is CCCCCCCCCCCC/C=C/C(O)C(COC1OC(CO)C(OC2OC(CO)C(O)C(OC3(C(=O)O)CC(O)C(NC(C)=O)C(C(O)C(O)CO)O3)C2O)C(O)C1O)NC(=O)CCCCCCCCCC/C=C\CCCCCCCCCCCCCC. The molecule has 3 fully saturated rings. The second-order valence-electron chi connectivity index (χ2n) is 25.4. The predicted octanol–water partition coefficient (Wildman–Crippen LogP) is 6.06. The van der Waals surface area contributed by atoms with E-state index in [2.05, 4.69) is 36.6 Å². The van der Waals surface area contributed by atoms with Gasteiger partial charge in [0.25, 0.3) is 5.79 Å². The van der Waals surface area contributed by atoms with Crippen LogP contribution in [0.25, 0.3) is 0 Å². The third-order valence-corrected chi connectivity index (χ3v) is 17.6. The van der Waals surface area contributed by atoms with E-state index in [4.69, 9.17) is 28.4 Å². The zero-order valence-electron chi connectivity index (χ0n) is 54.7. The van der Waals surface area contributed by atoms with Crippen molar-refractivity contribution in [2.75, 3.05) is 26.4 Å². The van der Waals surface area contributed by atoms with Crippen LogP contribution >= 0.6 is 0 Å². The van der Waals surface area contributed by atoms with Crippen LogP contribution in [0.5, 0.6) is 0 Å². The van der Waals surface area contributed by atoms with Gasteiger partial charge in [0.05, 0.1) is 50.7 Å². The van der Waals surface area contributed by atoms with Gasteiger partial charge in [-0.05, 0) is 44.9 Å². The molecule has 0 saturated carbocycles. The molecule has 0 radical (unpaired) electrons. The molecule has 23 heteroatoms. The number of aliphatic hydroxyl groups is 11. The highest BCUT2D eigenvalue weighted by Crippen LogP contribution is 2.39. The van der Waals surface area contributed by atoms with Crippen LogP contribution in [0.3, 0.4) is 0 Å². The molecule has 0 bridgehead atoms. The molecule has 3 aliphatic heterocycles. The Morgan fingerprint density at radius 1 is 0.578 bits per heavy atom. The minimum atomic E-state index is -3.08. The Balaban J connectivity index is 1.57. The molecule has 526 valence electrons. The summed E-state index contributed by atoms with van der Waals surface area (Å²) >= 11 is 0. The number of hydrogen-bond acceptors (Lipinski definition) is 20. The van der Waals surface area contributed by atoms with Gasteiger partial charge in [-0.15, -0.1) is 0 Å². The molecule has 0 aromatic rings. The smallest absolute Gasteiger partial charge is 0.364 e. The lowest BCUT2D eigenvalue weighted by atomic mass is 9.88. The summed E-state index contributed by atoms with van der Waals surface area (Å²) in [6.07, 6.45) is 18.1. The number of rotatable bonds is 52. The van der Waals surface area contributed by atoms with E-state index in [0.717, 1.165) is 58.3 Å². The van der Waals surface area contributed by atoms with Crippen LogP contribution in [-0.2, 0) is 42.8 Å². The summed E-state index contributed by atoms with van der Waals surface area (Å²) in [5.74, 6) is -6.15. The molecule has 0 aliphatic carbocycles. The van der Waals surface area contributed by atoms with Crippen molar-refractivity contribution in [2.45, 2.75) is 355 Å². The Kier molecular flexibility index (Phi) is 43.4. The van der Waals surface area contributed by atoms with Crippen molar-refractivity contribution in [3.8, 4) is 0 Å². The number of amides is 2. The van der Waals surface area contributed by atoms with Gasteiger partial charge in [0.15, 0.2) is 12.6 Å². The first-order chi connectivity index (χ1) is 43.4. The van der Waals surface area contributed by atoms with Crippen molar-refractivity contribution in [1.82, 2.24) is 10.6 Å². The van der Waals surface area contributed by atoms with Gasteiger partial charge in [-0.25, -0.2) is 4.79 Å². The van der Waals surface area contributed by atoms with Crippen molar-refractivity contribution in [3.05, 3.63) is 24.3 Å². The predicted molar refractivity (Wildman–Crippen MR) is 338 cm³/mol. The van der Waals surface area contributed by atoms with E-state index < -0.39 is 155 Å². The lowest BCUT2D eigenvalue weighted by Crippen LogP contribution is -2.70. The molecule has 3 rings (SSSR count). The molecule has 14 N–H and O–H groups in total. The van der Waals surface area contributed by atoms with Crippen LogP contribution in [0.2, 0.25) is 0 Å². The number of hydrogen-bond donors (Lipinski definition) is 14. The molecule has 18 atom stereocenters. The number of aliphatic carboxylic acids is 1. The molecule has 3 saturated heterocycles. The van der Waals surface area contributed by atoms with Gasteiger partial charge >= 0.3 is 5.97 Å². The number of nitrogens with one attached hydrogen (secondary N) is 2. The molecule has 0 spiro atoms. The number of carboxylic acids is 1. The van der Waals surface area contributed by atoms with E-state index in [1.807, 2.05) is 6.08 Å². The summed E-state index contributed by atoms with van der Waals surface area (Å²) < 4.78 is 34.7. The van der Waals surface area contributed by atoms with Crippen LogP contribution in [0.1, 0.15) is 245 Å². The van der Waals surface area contributed by atoms with E-state index in [1.54, 1.807) is 6.08 Å². The van der Waals surface area contributed by atoms with Crippen LogP contribution in [0.4, 0.5) is 0 Å². The third-order valence-electron chi connectivity index (χ3n) is 17.6. The van der Waals surface area contributed by atoms with Crippen molar-refractivity contribution in [3.63, 3.8) is 0 Å². The quantitative estimate of drug-likeness (QED) is 0.0243. The lowest BCUT2D eigenvalue weighted by Gasteiger charge is -2.50. The standard InChI is InChI=1S/C67H122N2O21/c1-4-6-8-10-12-14-16-18-19-20-21-22-23-24-25-26-27-28-29-31-33-35-37-39-41-54(77)69-48(49(74)40-38-36-34-32-30-17-15-13-11-9-7-5-2)46-85-64-59(81)58(80)61(53(45-72)87-64)88-65-60(82)63(57(79)52(44-71)86-65)90-67(66(83)84)42-50(75)55(68-47(3)73)62(89-67)56(78)51(76)43-70/h24-25,38,40,48-53,55-65,70-72,74-76,78-82H,4-23,26-37,39,41-46H2,1-3H3,(H,68,73)(H,69,77)(H,83,84)/b25-24-,40-38+. The van der Waals surface area contributed by atoms with Crippen LogP contribution in [0.15, 0.2) is 24.3 Å². The number of carbonyl (C=O) groups excluding carboxylic acids is 2. The van der Waals surface area contributed by atoms with Gasteiger partial charge in [-0.3, -0.25) is 9.59 Å². The first kappa shape index (κ1) is 81.4. The van der Waals surface area contributed by atoms with Crippen molar-refractivity contribution in [1.29, 1.82) is 0 Å². The highest BCUT2D eigenvalue weighted by Gasteiger charge is 2.60. The lowest BCUT2D eigenvalue weighted by molar-refractivity contribution is -0.386. The highest BCUT2D eigenvalue weighted by atomic mass is 16.8. The maximum Gasteiger partial charge on any atom is 0.364 e. The van der Waals surface area contributed by atoms with E-state index in [-0.39, 0.29) is 12.3 Å². The Bertz CT molecular complexity index is 1920. The number of allylic oxidation sites excluding steroid dienone is 3. The van der Waals surface area contributed by atoms with Gasteiger partial charge in [0.1, 0.15) is 67.1 Å². The van der Waals surface area contributed by atoms with Gasteiger partial charge in [0.2, 0.25) is 11.8 Å². The Morgan fingerprint density at radius 2 is 1.04 bits per heavy atom. The fourth-order valence-electron chi connectivity index (χ4n) is 12.1. The van der Waals surface area contributed by atoms with E-state index >= 15 is 0 Å². The number of carbonyl (C=O) groups is 3. The molecule has 2 amide bonds. The number of unbranched alkanes of at least 4 members (excludes halogenated alkanes) is 30. The molecular formula is C67H122N2O21.